The van der Waals surface area contributed by atoms with Gasteiger partial charge < -0.3 is 20.4 Å². The highest BCUT2D eigenvalue weighted by molar-refractivity contribution is 5.86. The van der Waals surface area contributed by atoms with Gasteiger partial charge in [0.2, 0.25) is 0 Å². The Morgan fingerprint density at radius 3 is 1.28 bits per heavy atom. The van der Waals surface area contributed by atoms with Crippen LogP contribution in [0.25, 0.3) is 11.1 Å². The van der Waals surface area contributed by atoms with Gasteiger partial charge in [-0.2, -0.15) is 0 Å². The van der Waals surface area contributed by atoms with Crippen molar-refractivity contribution in [3.05, 3.63) is 35.4 Å². The van der Waals surface area contributed by atoms with Crippen molar-refractivity contribution >= 4 is 0 Å². The van der Waals surface area contributed by atoms with Crippen LogP contribution in [0, 0.1) is 13.8 Å². The van der Waals surface area contributed by atoms with Crippen LogP contribution >= 0.6 is 0 Å². The number of benzene rings is 2. The lowest BCUT2D eigenvalue weighted by Gasteiger charge is -2.14. The van der Waals surface area contributed by atoms with Crippen LogP contribution in [0.5, 0.6) is 23.0 Å². The van der Waals surface area contributed by atoms with Gasteiger partial charge in [0.25, 0.3) is 0 Å². The highest BCUT2D eigenvalue weighted by Gasteiger charge is 2.20. The molecule has 0 aliphatic rings. The van der Waals surface area contributed by atoms with Crippen molar-refractivity contribution in [2.24, 2.45) is 0 Å². The normalized spacial score (nSPS) is 10.6. The molecule has 0 atom stereocenters. The van der Waals surface area contributed by atoms with E-state index in [1.165, 1.54) is 12.1 Å². The molecule has 0 amide bonds. The Morgan fingerprint density at radius 2 is 0.944 bits per heavy atom. The van der Waals surface area contributed by atoms with Crippen molar-refractivity contribution in [3.63, 3.8) is 0 Å². The van der Waals surface area contributed by atoms with Crippen LogP contribution < -0.4 is 0 Å². The van der Waals surface area contributed by atoms with E-state index in [-0.39, 0.29) is 34.1 Å². The monoisotopic (exact) mass is 246 g/mol. The maximum atomic E-state index is 9.99. The molecular weight excluding hydrogens is 232 g/mol. The summed E-state index contributed by atoms with van der Waals surface area (Å²) in [6, 6.07) is 5.92. The summed E-state index contributed by atoms with van der Waals surface area (Å²) in [6.07, 6.45) is 0. The van der Waals surface area contributed by atoms with Gasteiger partial charge in [0.05, 0.1) is 11.1 Å². The van der Waals surface area contributed by atoms with Gasteiger partial charge in [0.1, 0.15) is 23.0 Å². The molecule has 0 heterocycles. The first-order chi connectivity index (χ1) is 8.43. The Balaban J connectivity index is 2.85. The van der Waals surface area contributed by atoms with Crippen LogP contribution in [-0.2, 0) is 0 Å². The zero-order chi connectivity index (χ0) is 13.4. The largest absolute Gasteiger partial charge is 0.507 e. The second-order valence-corrected chi connectivity index (χ2v) is 4.25. The molecule has 0 aromatic heterocycles. The molecule has 2 aromatic rings. The van der Waals surface area contributed by atoms with E-state index < -0.39 is 0 Å². The third kappa shape index (κ3) is 1.72. The maximum absolute atomic E-state index is 9.99. The summed E-state index contributed by atoms with van der Waals surface area (Å²) < 4.78 is 0. The molecular formula is C14H14O4. The predicted octanol–water partition coefficient (Wildman–Crippen LogP) is 2.79. The van der Waals surface area contributed by atoms with Gasteiger partial charge in [-0.15, -0.1) is 0 Å². The fourth-order valence-electron chi connectivity index (χ4n) is 1.86. The standard InChI is InChI=1S/C14H14O4/c1-7-3-5-9(15)11(13(7)17)12-10(16)6-4-8(2)14(12)18/h3-6,15-18H,1-2H3. The minimum atomic E-state index is -0.200. The highest BCUT2D eigenvalue weighted by atomic mass is 16.3. The number of aryl methyl sites for hydroxylation is 2. The fraction of sp³-hybridized carbons (Fsp3) is 0.143. The van der Waals surface area contributed by atoms with Crippen molar-refractivity contribution in [1.82, 2.24) is 0 Å². The summed E-state index contributed by atoms with van der Waals surface area (Å²) in [6.45, 7) is 3.34. The lowest BCUT2D eigenvalue weighted by molar-refractivity contribution is 0.437. The van der Waals surface area contributed by atoms with E-state index in [9.17, 15) is 20.4 Å². The van der Waals surface area contributed by atoms with Crippen LogP contribution in [0.2, 0.25) is 0 Å². The Bertz CT molecular complexity index is 562. The van der Waals surface area contributed by atoms with E-state index in [0.29, 0.717) is 11.1 Å². The van der Waals surface area contributed by atoms with Gasteiger partial charge in [-0.3, -0.25) is 0 Å². The van der Waals surface area contributed by atoms with E-state index in [2.05, 4.69) is 0 Å². The Morgan fingerprint density at radius 1 is 0.611 bits per heavy atom. The van der Waals surface area contributed by atoms with Gasteiger partial charge in [-0.25, -0.2) is 0 Å². The van der Waals surface area contributed by atoms with Crippen LogP contribution in [-0.4, -0.2) is 20.4 Å². The smallest absolute Gasteiger partial charge is 0.130 e. The SMILES string of the molecule is Cc1ccc(O)c(-c2c(O)ccc(C)c2O)c1O. The van der Waals surface area contributed by atoms with Crippen LogP contribution in [0.3, 0.4) is 0 Å². The molecule has 0 spiro atoms. The van der Waals surface area contributed by atoms with Crippen LogP contribution in [0.15, 0.2) is 24.3 Å². The van der Waals surface area contributed by atoms with Gasteiger partial charge in [-0.05, 0) is 37.1 Å². The van der Waals surface area contributed by atoms with E-state index >= 15 is 0 Å². The van der Waals surface area contributed by atoms with Crippen molar-refractivity contribution in [2.75, 3.05) is 0 Å². The lowest BCUT2D eigenvalue weighted by atomic mass is 9.97. The van der Waals surface area contributed by atoms with Crippen molar-refractivity contribution < 1.29 is 20.4 Å². The average Bonchev–Trinajstić information content (AvgIpc) is 2.33. The number of phenolic OH excluding ortho intramolecular Hbond substituents is 4. The fourth-order valence-corrected chi connectivity index (χ4v) is 1.86. The van der Waals surface area contributed by atoms with Gasteiger partial charge >= 0.3 is 0 Å². The molecule has 0 aliphatic heterocycles. The number of hydrogen-bond acceptors (Lipinski definition) is 4. The van der Waals surface area contributed by atoms with E-state index in [1.54, 1.807) is 26.0 Å². The number of hydrogen-bond donors (Lipinski definition) is 4. The molecule has 0 saturated carbocycles. The summed E-state index contributed by atoms with van der Waals surface area (Å²) in [7, 11) is 0. The molecule has 0 bridgehead atoms. The van der Waals surface area contributed by atoms with Crippen LogP contribution in [0.1, 0.15) is 11.1 Å². The zero-order valence-corrected chi connectivity index (χ0v) is 10.1. The summed E-state index contributed by atoms with van der Waals surface area (Å²) in [5.74, 6) is -0.721. The summed E-state index contributed by atoms with van der Waals surface area (Å²) in [5.41, 5.74) is 1.16. The van der Waals surface area contributed by atoms with E-state index in [1.807, 2.05) is 0 Å². The van der Waals surface area contributed by atoms with Gasteiger partial charge in [0, 0.05) is 0 Å². The number of aromatic hydroxyl groups is 4. The third-order valence-corrected chi connectivity index (χ3v) is 2.97. The van der Waals surface area contributed by atoms with E-state index in [0.717, 1.165) is 0 Å². The van der Waals surface area contributed by atoms with Crippen LogP contribution in [0.4, 0.5) is 0 Å². The lowest BCUT2D eigenvalue weighted by Crippen LogP contribution is -1.87. The molecule has 2 rings (SSSR count). The topological polar surface area (TPSA) is 80.9 Å². The van der Waals surface area contributed by atoms with Crippen molar-refractivity contribution in [3.8, 4) is 34.1 Å². The molecule has 4 heteroatoms. The molecule has 0 saturated heterocycles. The molecule has 2 aromatic carbocycles. The van der Waals surface area contributed by atoms with Gasteiger partial charge in [-0.1, -0.05) is 12.1 Å². The van der Waals surface area contributed by atoms with Crippen molar-refractivity contribution in [2.45, 2.75) is 13.8 Å². The average molecular weight is 246 g/mol. The zero-order valence-electron chi connectivity index (χ0n) is 10.1. The molecule has 4 N–H and O–H groups in total. The van der Waals surface area contributed by atoms with E-state index in [4.69, 9.17) is 0 Å². The first-order valence-corrected chi connectivity index (χ1v) is 5.47. The summed E-state index contributed by atoms with van der Waals surface area (Å²) >= 11 is 0. The molecule has 0 fully saturated rings. The summed E-state index contributed by atoms with van der Waals surface area (Å²) in [5, 5.41) is 39.6. The molecule has 0 unspecified atom stereocenters. The highest BCUT2D eigenvalue weighted by Crippen LogP contribution is 2.48. The second-order valence-electron chi connectivity index (χ2n) is 4.25. The molecule has 18 heavy (non-hydrogen) atoms. The summed E-state index contributed by atoms with van der Waals surface area (Å²) in [4.78, 5) is 0. The molecule has 0 aliphatic carbocycles. The maximum Gasteiger partial charge on any atom is 0.130 e. The molecule has 94 valence electrons. The first kappa shape index (κ1) is 12.1. The Hall–Kier alpha value is -2.36. The third-order valence-electron chi connectivity index (χ3n) is 2.97. The Labute approximate surface area is 104 Å². The second kappa shape index (κ2) is 4.14. The minimum absolute atomic E-state index is 0.0358. The van der Waals surface area contributed by atoms with Crippen molar-refractivity contribution in [1.29, 1.82) is 0 Å². The first-order valence-electron chi connectivity index (χ1n) is 5.47. The predicted molar refractivity (Wildman–Crippen MR) is 68.0 cm³/mol. The number of phenols is 4. The Kier molecular flexibility index (Phi) is 2.79. The number of rotatable bonds is 1. The quantitative estimate of drug-likeness (QED) is 0.623. The molecule has 0 radical (unpaired) electrons. The minimum Gasteiger partial charge on any atom is -0.507 e. The van der Waals surface area contributed by atoms with Gasteiger partial charge in [0.15, 0.2) is 0 Å². The molecule has 4 nitrogen and oxygen atoms in total.